The maximum absolute atomic E-state index is 12.5. The number of carbonyl (C=O) groups is 2. The van der Waals surface area contributed by atoms with Crippen LogP contribution in [0.15, 0.2) is 36.4 Å². The Kier molecular flexibility index (Phi) is 5.32. The van der Waals surface area contributed by atoms with E-state index in [9.17, 15) is 9.59 Å². The Bertz CT molecular complexity index is 967. The van der Waals surface area contributed by atoms with E-state index in [1.807, 2.05) is 56.6 Å². The van der Waals surface area contributed by atoms with Gasteiger partial charge in [-0.25, -0.2) is 0 Å². The number of hydrogen-bond acceptors (Lipinski definition) is 4. The molecule has 0 unspecified atom stereocenters. The zero-order chi connectivity index (χ0) is 19.6. The normalized spacial score (nSPS) is 11.6. The smallest absolute Gasteiger partial charge is 0.261 e. The van der Waals surface area contributed by atoms with E-state index in [2.05, 4.69) is 27.9 Å². The summed E-state index contributed by atoms with van der Waals surface area (Å²) < 4.78 is 1.92. The SMILES string of the molecule is Cc1nn(Cc2ccccc2)c2sc(C(=O)NCC(=O)NC(C)(C)C)cc12. The number of carbonyl (C=O) groups excluding carboxylic acids is 2. The lowest BCUT2D eigenvalue weighted by atomic mass is 10.1. The Labute approximate surface area is 162 Å². The van der Waals surface area contributed by atoms with E-state index in [0.717, 1.165) is 21.5 Å². The summed E-state index contributed by atoms with van der Waals surface area (Å²) in [5.41, 5.74) is 1.72. The van der Waals surface area contributed by atoms with Crippen molar-refractivity contribution in [2.24, 2.45) is 0 Å². The predicted octanol–water partition coefficient (Wildman–Crippen LogP) is 3.10. The molecule has 0 aliphatic heterocycles. The second-order valence-corrected chi connectivity index (χ2v) is 8.57. The van der Waals surface area contributed by atoms with Crippen molar-refractivity contribution in [3.8, 4) is 0 Å². The first-order valence-corrected chi connectivity index (χ1v) is 9.65. The third kappa shape index (κ3) is 4.74. The van der Waals surface area contributed by atoms with Crippen molar-refractivity contribution in [2.75, 3.05) is 6.54 Å². The van der Waals surface area contributed by atoms with Gasteiger partial charge in [0.1, 0.15) is 4.83 Å². The van der Waals surface area contributed by atoms with Gasteiger partial charge in [-0.1, -0.05) is 30.3 Å². The number of rotatable bonds is 5. The molecular formula is C20H24N4O2S. The molecule has 0 radical (unpaired) electrons. The highest BCUT2D eigenvalue weighted by Gasteiger charge is 2.18. The number of aromatic nitrogens is 2. The molecule has 0 fully saturated rings. The molecule has 6 nitrogen and oxygen atoms in total. The maximum Gasteiger partial charge on any atom is 0.261 e. The van der Waals surface area contributed by atoms with Gasteiger partial charge in [0, 0.05) is 10.9 Å². The fourth-order valence-electron chi connectivity index (χ4n) is 2.80. The minimum Gasteiger partial charge on any atom is -0.350 e. The van der Waals surface area contributed by atoms with Crippen molar-refractivity contribution in [3.05, 3.63) is 52.5 Å². The lowest BCUT2D eigenvalue weighted by Gasteiger charge is -2.20. The molecule has 0 atom stereocenters. The molecule has 0 bridgehead atoms. The van der Waals surface area contributed by atoms with Gasteiger partial charge in [0.2, 0.25) is 5.91 Å². The third-order valence-electron chi connectivity index (χ3n) is 3.93. The van der Waals surface area contributed by atoms with E-state index in [1.165, 1.54) is 11.3 Å². The van der Waals surface area contributed by atoms with Crippen molar-refractivity contribution < 1.29 is 9.59 Å². The average molecular weight is 385 g/mol. The molecular weight excluding hydrogens is 360 g/mol. The van der Waals surface area contributed by atoms with Gasteiger partial charge in [0.05, 0.1) is 23.7 Å². The summed E-state index contributed by atoms with van der Waals surface area (Å²) in [6.45, 7) is 8.26. The van der Waals surface area contributed by atoms with Crippen molar-refractivity contribution >= 4 is 33.4 Å². The average Bonchev–Trinajstić information content (AvgIpc) is 3.14. The van der Waals surface area contributed by atoms with Gasteiger partial charge in [-0.05, 0) is 39.3 Å². The van der Waals surface area contributed by atoms with E-state index in [1.54, 1.807) is 0 Å². The molecule has 0 saturated heterocycles. The topological polar surface area (TPSA) is 76.0 Å². The highest BCUT2D eigenvalue weighted by Crippen LogP contribution is 2.28. The minimum atomic E-state index is -0.322. The van der Waals surface area contributed by atoms with E-state index < -0.39 is 0 Å². The van der Waals surface area contributed by atoms with Crippen LogP contribution in [0.25, 0.3) is 10.2 Å². The van der Waals surface area contributed by atoms with Crippen molar-refractivity contribution in [1.82, 2.24) is 20.4 Å². The molecule has 3 rings (SSSR count). The Morgan fingerprint density at radius 1 is 1.19 bits per heavy atom. The van der Waals surface area contributed by atoms with Crippen LogP contribution in [0.5, 0.6) is 0 Å². The zero-order valence-electron chi connectivity index (χ0n) is 16.0. The van der Waals surface area contributed by atoms with Crippen LogP contribution in [-0.4, -0.2) is 33.7 Å². The molecule has 2 N–H and O–H groups in total. The Morgan fingerprint density at radius 2 is 1.89 bits per heavy atom. The Balaban J connectivity index is 1.73. The van der Waals surface area contributed by atoms with Gasteiger partial charge in [-0.15, -0.1) is 11.3 Å². The van der Waals surface area contributed by atoms with Crippen molar-refractivity contribution in [1.29, 1.82) is 0 Å². The fraction of sp³-hybridized carbons (Fsp3) is 0.350. The third-order valence-corrected chi connectivity index (χ3v) is 5.08. The van der Waals surface area contributed by atoms with Crippen LogP contribution in [0.1, 0.15) is 41.7 Å². The number of thiophene rings is 1. The molecule has 2 aromatic heterocycles. The lowest BCUT2D eigenvalue weighted by Crippen LogP contribution is -2.45. The molecule has 7 heteroatoms. The van der Waals surface area contributed by atoms with Crippen LogP contribution in [0.4, 0.5) is 0 Å². The van der Waals surface area contributed by atoms with Gasteiger partial charge in [0.15, 0.2) is 0 Å². The van der Waals surface area contributed by atoms with Gasteiger partial charge >= 0.3 is 0 Å². The first kappa shape index (κ1) is 19.1. The summed E-state index contributed by atoms with van der Waals surface area (Å²) in [6.07, 6.45) is 0. The van der Waals surface area contributed by atoms with Crippen LogP contribution in [0.2, 0.25) is 0 Å². The van der Waals surface area contributed by atoms with E-state index in [4.69, 9.17) is 0 Å². The number of amides is 2. The van der Waals surface area contributed by atoms with Crippen LogP contribution in [0.3, 0.4) is 0 Å². The van der Waals surface area contributed by atoms with Crippen LogP contribution in [-0.2, 0) is 11.3 Å². The van der Waals surface area contributed by atoms with Gasteiger partial charge in [-0.3, -0.25) is 14.3 Å². The summed E-state index contributed by atoms with van der Waals surface area (Å²) in [5.74, 6) is -0.450. The largest absolute Gasteiger partial charge is 0.350 e. The first-order valence-electron chi connectivity index (χ1n) is 8.83. The van der Waals surface area contributed by atoms with Crippen LogP contribution in [0, 0.1) is 6.92 Å². The Morgan fingerprint density at radius 3 is 2.56 bits per heavy atom. The number of fused-ring (bicyclic) bond motifs is 1. The number of aryl methyl sites for hydroxylation is 1. The summed E-state index contributed by atoms with van der Waals surface area (Å²) in [5, 5.41) is 11.1. The molecule has 2 amide bonds. The first-order chi connectivity index (χ1) is 12.7. The highest BCUT2D eigenvalue weighted by atomic mass is 32.1. The second-order valence-electron chi connectivity index (χ2n) is 7.54. The van der Waals surface area contributed by atoms with E-state index >= 15 is 0 Å². The summed E-state index contributed by atoms with van der Waals surface area (Å²) in [4.78, 5) is 25.9. The van der Waals surface area contributed by atoms with E-state index in [-0.39, 0.29) is 23.9 Å². The van der Waals surface area contributed by atoms with Gasteiger partial charge in [-0.2, -0.15) is 5.10 Å². The number of nitrogens with zero attached hydrogens (tertiary/aromatic N) is 2. The monoisotopic (exact) mass is 384 g/mol. The summed E-state index contributed by atoms with van der Waals surface area (Å²) in [6, 6.07) is 11.9. The van der Waals surface area contributed by atoms with Crippen LogP contribution < -0.4 is 10.6 Å². The Hall–Kier alpha value is -2.67. The number of nitrogens with one attached hydrogen (secondary N) is 2. The summed E-state index contributed by atoms with van der Waals surface area (Å²) >= 11 is 1.39. The van der Waals surface area contributed by atoms with Gasteiger partial charge in [0.25, 0.3) is 5.91 Å². The van der Waals surface area contributed by atoms with Gasteiger partial charge < -0.3 is 10.6 Å². The summed E-state index contributed by atoms with van der Waals surface area (Å²) in [7, 11) is 0. The number of hydrogen-bond donors (Lipinski definition) is 2. The molecule has 1 aromatic carbocycles. The van der Waals surface area contributed by atoms with Crippen LogP contribution >= 0.6 is 11.3 Å². The predicted molar refractivity (Wildman–Crippen MR) is 108 cm³/mol. The second kappa shape index (κ2) is 7.52. The van der Waals surface area contributed by atoms with Crippen molar-refractivity contribution in [3.63, 3.8) is 0 Å². The quantitative estimate of drug-likeness (QED) is 0.710. The molecule has 0 aliphatic carbocycles. The molecule has 0 spiro atoms. The molecule has 27 heavy (non-hydrogen) atoms. The minimum absolute atomic E-state index is 0.0422. The molecule has 0 aliphatic rings. The lowest BCUT2D eigenvalue weighted by molar-refractivity contribution is -0.121. The van der Waals surface area contributed by atoms with E-state index in [0.29, 0.717) is 11.4 Å². The fourth-order valence-corrected chi connectivity index (χ4v) is 3.88. The number of benzene rings is 1. The molecule has 2 heterocycles. The zero-order valence-corrected chi connectivity index (χ0v) is 16.8. The highest BCUT2D eigenvalue weighted by molar-refractivity contribution is 7.20. The molecule has 0 saturated carbocycles. The maximum atomic E-state index is 12.5. The van der Waals surface area contributed by atoms with Crippen molar-refractivity contribution in [2.45, 2.75) is 39.8 Å². The molecule has 3 aromatic rings. The molecule has 142 valence electrons. The standard InChI is InChI=1S/C20H24N4O2S/c1-13-15-10-16(18(26)21-11-17(25)22-20(2,3)4)27-19(15)24(23-13)12-14-8-6-5-7-9-14/h5-10H,11-12H2,1-4H3,(H,21,26)(H,22,25).